The Hall–Kier alpha value is -3.16. The second kappa shape index (κ2) is 5.91. The smallest absolute Gasteiger partial charge is 0.449 e. The lowest BCUT2D eigenvalue weighted by molar-refractivity contribution is 0.144. The summed E-state index contributed by atoms with van der Waals surface area (Å²) < 4.78 is 5.74. The van der Waals surface area contributed by atoms with E-state index in [9.17, 15) is 9.59 Å². The van der Waals surface area contributed by atoms with E-state index in [2.05, 4.69) is 26.7 Å². The highest BCUT2D eigenvalue weighted by atomic mass is 16.7. The number of carbonyl (C=O) groups is 1. The first kappa shape index (κ1) is 14.8. The largest absolute Gasteiger partial charge is 0.511 e. The topological polar surface area (TPSA) is 110 Å². The standard InChI is InChI=1S/C15H14N4O4/c1-2-3-9-4-5-12-11(6-9)13(20)18-14(17-12)19-8-10(7-16-19)23-15(21)22/h4-8H,2-3H2,1H3,(H,21,22)(H,17,18,20). The summed E-state index contributed by atoms with van der Waals surface area (Å²) in [7, 11) is 0. The number of hydrogen-bond donors (Lipinski definition) is 2. The van der Waals surface area contributed by atoms with E-state index < -0.39 is 6.16 Å². The van der Waals surface area contributed by atoms with Crippen molar-refractivity contribution in [2.45, 2.75) is 19.8 Å². The van der Waals surface area contributed by atoms with Gasteiger partial charge in [0.05, 0.1) is 23.3 Å². The number of nitrogens with one attached hydrogen (secondary N) is 1. The number of fused-ring (bicyclic) bond motifs is 1. The Balaban J connectivity index is 2.02. The maximum absolute atomic E-state index is 12.3. The van der Waals surface area contributed by atoms with Crippen LogP contribution in [-0.4, -0.2) is 31.0 Å². The summed E-state index contributed by atoms with van der Waals surface area (Å²) in [6, 6.07) is 5.55. The summed E-state index contributed by atoms with van der Waals surface area (Å²) in [6.45, 7) is 2.07. The number of rotatable bonds is 4. The minimum Gasteiger partial charge on any atom is -0.449 e. The Labute approximate surface area is 130 Å². The molecule has 3 aromatic rings. The van der Waals surface area contributed by atoms with E-state index >= 15 is 0 Å². The zero-order valence-electron chi connectivity index (χ0n) is 12.3. The van der Waals surface area contributed by atoms with Crippen LogP contribution in [0, 0.1) is 0 Å². The van der Waals surface area contributed by atoms with Crippen LogP contribution < -0.4 is 10.3 Å². The van der Waals surface area contributed by atoms with E-state index in [1.165, 1.54) is 17.1 Å². The minimum atomic E-state index is -1.44. The van der Waals surface area contributed by atoms with Crippen LogP contribution in [0.1, 0.15) is 18.9 Å². The average Bonchev–Trinajstić information content (AvgIpc) is 2.95. The molecule has 0 aliphatic heterocycles. The fourth-order valence-electron chi connectivity index (χ4n) is 2.30. The van der Waals surface area contributed by atoms with Gasteiger partial charge in [-0.1, -0.05) is 19.4 Å². The zero-order valence-corrected chi connectivity index (χ0v) is 12.3. The first-order valence-electron chi connectivity index (χ1n) is 7.05. The number of carboxylic acid groups (broad SMARTS) is 1. The zero-order chi connectivity index (χ0) is 16.4. The number of nitrogens with zero attached hydrogens (tertiary/aromatic N) is 3. The van der Waals surface area contributed by atoms with Crippen molar-refractivity contribution < 1.29 is 14.6 Å². The van der Waals surface area contributed by atoms with Crippen molar-refractivity contribution in [3.8, 4) is 11.7 Å². The molecule has 0 fully saturated rings. The molecule has 0 saturated carbocycles. The molecule has 0 aliphatic carbocycles. The molecule has 0 radical (unpaired) electrons. The predicted molar refractivity (Wildman–Crippen MR) is 82.1 cm³/mol. The lowest BCUT2D eigenvalue weighted by Gasteiger charge is -2.04. The summed E-state index contributed by atoms with van der Waals surface area (Å²) in [4.78, 5) is 29.7. The summed E-state index contributed by atoms with van der Waals surface area (Å²) in [5.41, 5.74) is 1.34. The Morgan fingerprint density at radius 1 is 1.43 bits per heavy atom. The van der Waals surface area contributed by atoms with E-state index in [-0.39, 0.29) is 17.3 Å². The molecule has 2 N–H and O–H groups in total. The second-order valence-corrected chi connectivity index (χ2v) is 4.98. The number of hydrogen-bond acceptors (Lipinski definition) is 5. The van der Waals surface area contributed by atoms with E-state index in [0.29, 0.717) is 10.9 Å². The van der Waals surface area contributed by atoms with E-state index in [1.807, 2.05) is 12.1 Å². The van der Waals surface area contributed by atoms with Gasteiger partial charge in [-0.05, 0) is 24.1 Å². The fourth-order valence-corrected chi connectivity index (χ4v) is 2.30. The Morgan fingerprint density at radius 3 is 3.00 bits per heavy atom. The molecular formula is C15H14N4O4. The Morgan fingerprint density at radius 2 is 2.26 bits per heavy atom. The fraction of sp³-hybridized carbons (Fsp3) is 0.200. The van der Waals surface area contributed by atoms with E-state index in [1.54, 1.807) is 6.07 Å². The Bertz CT molecular complexity index is 929. The molecule has 2 aromatic heterocycles. The normalized spacial score (nSPS) is 10.8. The number of aromatic amines is 1. The molecule has 0 amide bonds. The van der Waals surface area contributed by atoms with Crippen LogP contribution in [0.5, 0.6) is 5.75 Å². The van der Waals surface area contributed by atoms with Gasteiger partial charge in [-0.2, -0.15) is 5.10 Å². The molecule has 118 valence electrons. The third-order valence-electron chi connectivity index (χ3n) is 3.28. The van der Waals surface area contributed by atoms with Gasteiger partial charge in [0, 0.05) is 0 Å². The van der Waals surface area contributed by atoms with Crippen molar-refractivity contribution in [2.75, 3.05) is 0 Å². The van der Waals surface area contributed by atoms with Gasteiger partial charge in [-0.15, -0.1) is 0 Å². The van der Waals surface area contributed by atoms with Crippen LogP contribution >= 0.6 is 0 Å². The van der Waals surface area contributed by atoms with Crippen LogP contribution in [0.4, 0.5) is 4.79 Å². The molecule has 0 aliphatic rings. The molecule has 0 saturated heterocycles. The first-order chi connectivity index (χ1) is 11.1. The highest BCUT2D eigenvalue weighted by molar-refractivity contribution is 5.78. The van der Waals surface area contributed by atoms with Gasteiger partial charge >= 0.3 is 6.16 Å². The van der Waals surface area contributed by atoms with Gasteiger partial charge in [-0.25, -0.2) is 14.5 Å². The number of aromatic nitrogens is 4. The molecular weight excluding hydrogens is 300 g/mol. The van der Waals surface area contributed by atoms with E-state index in [4.69, 9.17) is 5.11 Å². The monoisotopic (exact) mass is 314 g/mol. The first-order valence-corrected chi connectivity index (χ1v) is 7.05. The summed E-state index contributed by atoms with van der Waals surface area (Å²) in [6.07, 6.45) is 3.00. The number of benzene rings is 1. The molecule has 0 atom stereocenters. The molecule has 23 heavy (non-hydrogen) atoms. The van der Waals surface area contributed by atoms with Gasteiger partial charge in [0.25, 0.3) is 5.56 Å². The van der Waals surface area contributed by atoms with Gasteiger partial charge in [0.2, 0.25) is 5.95 Å². The maximum Gasteiger partial charge on any atom is 0.511 e. The van der Waals surface area contributed by atoms with Crippen molar-refractivity contribution in [3.63, 3.8) is 0 Å². The highest BCUT2D eigenvalue weighted by Gasteiger charge is 2.10. The number of H-pyrrole nitrogens is 1. The third-order valence-corrected chi connectivity index (χ3v) is 3.28. The third kappa shape index (κ3) is 3.05. The highest BCUT2D eigenvalue weighted by Crippen LogP contribution is 2.15. The van der Waals surface area contributed by atoms with Crippen LogP contribution in [0.3, 0.4) is 0 Å². The second-order valence-electron chi connectivity index (χ2n) is 4.98. The molecule has 8 nitrogen and oxygen atoms in total. The van der Waals surface area contributed by atoms with Crippen LogP contribution in [-0.2, 0) is 6.42 Å². The molecule has 0 spiro atoms. The molecule has 3 rings (SSSR count). The molecule has 1 aromatic carbocycles. The van der Waals surface area contributed by atoms with Crippen molar-refractivity contribution in [3.05, 3.63) is 46.5 Å². The molecule has 0 bridgehead atoms. The van der Waals surface area contributed by atoms with Gasteiger partial charge in [-0.3, -0.25) is 9.78 Å². The van der Waals surface area contributed by atoms with Crippen LogP contribution in [0.15, 0.2) is 35.4 Å². The van der Waals surface area contributed by atoms with Crippen molar-refractivity contribution in [2.24, 2.45) is 0 Å². The SMILES string of the molecule is CCCc1ccc2nc(-n3cc(OC(=O)O)cn3)[nH]c(=O)c2c1. The lowest BCUT2D eigenvalue weighted by atomic mass is 10.1. The molecule has 2 heterocycles. The predicted octanol–water partition coefficient (Wildman–Crippen LogP) is 2.12. The van der Waals surface area contributed by atoms with Crippen molar-refractivity contribution in [1.29, 1.82) is 0 Å². The maximum atomic E-state index is 12.3. The Kier molecular flexibility index (Phi) is 3.80. The van der Waals surface area contributed by atoms with Gasteiger partial charge in [0.15, 0.2) is 5.75 Å². The number of aryl methyl sites for hydroxylation is 1. The summed E-state index contributed by atoms with van der Waals surface area (Å²) >= 11 is 0. The number of ether oxygens (including phenoxy) is 1. The van der Waals surface area contributed by atoms with Gasteiger partial charge < -0.3 is 9.84 Å². The minimum absolute atomic E-state index is 0.0403. The molecule has 8 heteroatoms. The lowest BCUT2D eigenvalue weighted by Crippen LogP contribution is -2.14. The van der Waals surface area contributed by atoms with Crippen molar-refractivity contribution in [1.82, 2.24) is 19.7 Å². The summed E-state index contributed by atoms with van der Waals surface area (Å²) in [5.74, 6) is 0.226. The van der Waals surface area contributed by atoms with Crippen molar-refractivity contribution >= 4 is 17.1 Å². The van der Waals surface area contributed by atoms with Gasteiger partial charge in [0.1, 0.15) is 0 Å². The molecule has 0 unspecified atom stereocenters. The summed E-state index contributed by atoms with van der Waals surface area (Å²) in [5, 5.41) is 13.0. The van der Waals surface area contributed by atoms with Crippen LogP contribution in [0.25, 0.3) is 16.9 Å². The van der Waals surface area contributed by atoms with E-state index in [0.717, 1.165) is 18.4 Å². The quantitative estimate of drug-likeness (QED) is 0.714. The average molecular weight is 314 g/mol. The van der Waals surface area contributed by atoms with Crippen LogP contribution in [0.2, 0.25) is 0 Å².